The van der Waals surface area contributed by atoms with Gasteiger partial charge in [0, 0.05) is 39.1 Å². The van der Waals surface area contributed by atoms with Gasteiger partial charge in [0.25, 0.3) is 5.91 Å². The number of carbonyl (C=O) groups excluding carboxylic acids is 1. The molecule has 0 saturated heterocycles. The molecule has 25 heavy (non-hydrogen) atoms. The van der Waals surface area contributed by atoms with Gasteiger partial charge in [0.05, 0.1) is 5.56 Å². The summed E-state index contributed by atoms with van der Waals surface area (Å²) in [5.41, 5.74) is 3.91. The lowest BCUT2D eigenvalue weighted by molar-refractivity contribution is 0.0952. The summed E-state index contributed by atoms with van der Waals surface area (Å²) in [5.74, 6) is -0.0853. The van der Waals surface area contributed by atoms with Crippen molar-refractivity contribution in [3.05, 3.63) is 68.2 Å². The molecule has 1 amide bonds. The number of rotatable bonds is 5. The quantitative estimate of drug-likeness (QED) is 0.575. The normalized spacial score (nSPS) is 11.2. The van der Waals surface area contributed by atoms with Crippen molar-refractivity contribution in [2.75, 3.05) is 14.1 Å². The minimum Gasteiger partial charge on any atom is -0.360 e. The third-order valence-electron chi connectivity index (χ3n) is 3.94. The van der Waals surface area contributed by atoms with Crippen LogP contribution < -0.4 is 5.32 Å². The first kappa shape index (κ1) is 18.2. The van der Waals surface area contributed by atoms with Crippen LogP contribution in [-0.2, 0) is 13.1 Å². The average Bonchev–Trinajstić information content (AvgIpc) is 2.96. The predicted octanol–water partition coefficient (Wildman–Crippen LogP) is 4.68. The summed E-state index contributed by atoms with van der Waals surface area (Å²) in [5, 5.41) is 3.89. The zero-order chi connectivity index (χ0) is 18.0. The third kappa shape index (κ3) is 4.32. The van der Waals surface area contributed by atoms with Crippen LogP contribution in [0, 0.1) is 0 Å². The molecular weight excluding hydrogens is 446 g/mol. The van der Waals surface area contributed by atoms with Crippen LogP contribution in [0.25, 0.3) is 10.9 Å². The first-order valence-electron chi connectivity index (χ1n) is 7.91. The highest BCUT2D eigenvalue weighted by Crippen LogP contribution is 2.30. The molecule has 3 aromatic rings. The van der Waals surface area contributed by atoms with Gasteiger partial charge < -0.3 is 15.2 Å². The molecule has 0 aliphatic rings. The van der Waals surface area contributed by atoms with Crippen LogP contribution in [0.15, 0.2) is 51.5 Å². The Labute approximate surface area is 163 Å². The molecule has 0 fully saturated rings. The van der Waals surface area contributed by atoms with E-state index >= 15 is 0 Å². The molecule has 4 nitrogen and oxygen atoms in total. The smallest absolute Gasteiger partial charge is 0.253 e. The molecule has 1 heterocycles. The summed E-state index contributed by atoms with van der Waals surface area (Å²) in [6.45, 7) is 1.41. The number of H-pyrrole nitrogens is 1. The summed E-state index contributed by atoms with van der Waals surface area (Å²) >= 11 is 6.96. The number of hydrogen-bond donors (Lipinski definition) is 2. The Morgan fingerprint density at radius 2 is 1.72 bits per heavy atom. The summed E-state index contributed by atoms with van der Waals surface area (Å²) < 4.78 is 1.87. The zero-order valence-electron chi connectivity index (χ0n) is 14.1. The highest BCUT2D eigenvalue weighted by Gasteiger charge is 2.13. The van der Waals surface area contributed by atoms with Crippen LogP contribution in [0.3, 0.4) is 0 Å². The maximum atomic E-state index is 12.5. The van der Waals surface area contributed by atoms with E-state index in [1.807, 2.05) is 26.2 Å². The average molecular weight is 465 g/mol. The molecule has 2 aromatic carbocycles. The second-order valence-corrected chi connectivity index (χ2v) is 7.96. The van der Waals surface area contributed by atoms with Crippen molar-refractivity contribution < 1.29 is 4.79 Å². The molecule has 0 aliphatic carbocycles. The van der Waals surface area contributed by atoms with Crippen molar-refractivity contribution in [2.45, 2.75) is 13.1 Å². The maximum absolute atomic E-state index is 12.5. The van der Waals surface area contributed by atoms with E-state index in [2.05, 4.69) is 71.3 Å². The minimum atomic E-state index is -0.0853. The Bertz CT molecular complexity index is 901. The highest BCUT2D eigenvalue weighted by molar-refractivity contribution is 9.13. The van der Waals surface area contributed by atoms with Gasteiger partial charge in [0.1, 0.15) is 0 Å². The molecule has 6 heteroatoms. The van der Waals surface area contributed by atoms with Gasteiger partial charge >= 0.3 is 0 Å². The third-order valence-corrected chi connectivity index (χ3v) is 5.79. The second kappa shape index (κ2) is 7.72. The SMILES string of the molecule is CN(C)Cc1ccc(CNC(=O)c2c[nH]c3cc(Br)c(Br)cc23)cc1. The van der Waals surface area contributed by atoms with E-state index in [-0.39, 0.29) is 5.91 Å². The molecule has 2 N–H and O–H groups in total. The molecule has 0 bridgehead atoms. The van der Waals surface area contributed by atoms with Gasteiger partial charge in [-0.05, 0) is 69.2 Å². The first-order valence-corrected chi connectivity index (χ1v) is 9.49. The summed E-state index contributed by atoms with van der Waals surface area (Å²) in [7, 11) is 4.10. The van der Waals surface area contributed by atoms with E-state index in [1.165, 1.54) is 5.56 Å². The van der Waals surface area contributed by atoms with E-state index in [0.29, 0.717) is 12.1 Å². The Balaban J connectivity index is 1.69. The van der Waals surface area contributed by atoms with E-state index in [4.69, 9.17) is 0 Å². The van der Waals surface area contributed by atoms with Crippen molar-refractivity contribution in [3.8, 4) is 0 Å². The predicted molar refractivity (Wildman–Crippen MR) is 109 cm³/mol. The minimum absolute atomic E-state index is 0.0853. The van der Waals surface area contributed by atoms with Gasteiger partial charge in [0.15, 0.2) is 0 Å². The molecule has 0 unspecified atom stereocenters. The number of aromatic amines is 1. The van der Waals surface area contributed by atoms with E-state index in [0.717, 1.165) is 32.0 Å². The van der Waals surface area contributed by atoms with Crippen LogP contribution in [0.4, 0.5) is 0 Å². The Hall–Kier alpha value is -1.63. The Kier molecular flexibility index (Phi) is 5.61. The molecule has 130 valence electrons. The molecule has 3 rings (SSSR count). The van der Waals surface area contributed by atoms with E-state index < -0.39 is 0 Å². The number of benzene rings is 2. The highest BCUT2D eigenvalue weighted by atomic mass is 79.9. The largest absolute Gasteiger partial charge is 0.360 e. The molecule has 0 radical (unpaired) electrons. The summed E-state index contributed by atoms with van der Waals surface area (Å²) in [4.78, 5) is 17.8. The fourth-order valence-electron chi connectivity index (χ4n) is 2.71. The standard InChI is InChI=1S/C19H19Br2N3O/c1-24(2)11-13-5-3-12(4-6-13)9-23-19(25)15-10-22-18-8-17(21)16(20)7-14(15)18/h3-8,10,22H,9,11H2,1-2H3,(H,23,25). The van der Waals surface area contributed by atoms with Gasteiger partial charge in [0.2, 0.25) is 0 Å². The number of halogens is 2. The lowest BCUT2D eigenvalue weighted by Crippen LogP contribution is -2.22. The van der Waals surface area contributed by atoms with Crippen LogP contribution in [-0.4, -0.2) is 29.9 Å². The number of fused-ring (bicyclic) bond motifs is 1. The van der Waals surface area contributed by atoms with Crippen LogP contribution in [0.5, 0.6) is 0 Å². The van der Waals surface area contributed by atoms with Crippen LogP contribution in [0.1, 0.15) is 21.5 Å². The molecule has 0 spiro atoms. The number of carbonyl (C=O) groups is 1. The van der Waals surface area contributed by atoms with Crippen LogP contribution >= 0.6 is 31.9 Å². The van der Waals surface area contributed by atoms with Gasteiger partial charge in [-0.2, -0.15) is 0 Å². The van der Waals surface area contributed by atoms with Crippen molar-refractivity contribution in [3.63, 3.8) is 0 Å². The van der Waals surface area contributed by atoms with Crippen molar-refractivity contribution >= 4 is 48.7 Å². The zero-order valence-corrected chi connectivity index (χ0v) is 17.2. The van der Waals surface area contributed by atoms with Gasteiger partial charge in [-0.3, -0.25) is 4.79 Å². The summed E-state index contributed by atoms with van der Waals surface area (Å²) in [6.07, 6.45) is 1.75. The number of nitrogens with one attached hydrogen (secondary N) is 2. The lowest BCUT2D eigenvalue weighted by atomic mass is 10.1. The molecule has 0 saturated carbocycles. The molecule has 0 atom stereocenters. The van der Waals surface area contributed by atoms with E-state index in [1.54, 1.807) is 6.20 Å². The fourth-order valence-corrected chi connectivity index (χ4v) is 3.40. The molecular formula is C19H19Br2N3O. The van der Waals surface area contributed by atoms with Gasteiger partial charge in [-0.15, -0.1) is 0 Å². The Morgan fingerprint density at radius 1 is 1.08 bits per heavy atom. The van der Waals surface area contributed by atoms with Crippen molar-refractivity contribution in [1.29, 1.82) is 0 Å². The maximum Gasteiger partial charge on any atom is 0.253 e. The monoisotopic (exact) mass is 463 g/mol. The second-order valence-electron chi connectivity index (χ2n) is 6.25. The van der Waals surface area contributed by atoms with Crippen molar-refractivity contribution in [1.82, 2.24) is 15.2 Å². The lowest BCUT2D eigenvalue weighted by Gasteiger charge is -2.10. The topological polar surface area (TPSA) is 48.1 Å². The number of amides is 1. The first-order chi connectivity index (χ1) is 11.9. The number of aromatic nitrogens is 1. The van der Waals surface area contributed by atoms with E-state index in [9.17, 15) is 4.79 Å². The van der Waals surface area contributed by atoms with Crippen molar-refractivity contribution in [2.24, 2.45) is 0 Å². The fraction of sp³-hybridized carbons (Fsp3) is 0.211. The molecule has 1 aromatic heterocycles. The van der Waals surface area contributed by atoms with Crippen LogP contribution in [0.2, 0.25) is 0 Å². The number of nitrogens with zero attached hydrogens (tertiary/aromatic N) is 1. The summed E-state index contributed by atoms with van der Waals surface area (Å²) in [6, 6.07) is 12.2. The van der Waals surface area contributed by atoms with Gasteiger partial charge in [-0.25, -0.2) is 0 Å². The Morgan fingerprint density at radius 3 is 2.40 bits per heavy atom. The molecule has 0 aliphatic heterocycles. The number of hydrogen-bond acceptors (Lipinski definition) is 2. The van der Waals surface area contributed by atoms with Gasteiger partial charge in [-0.1, -0.05) is 24.3 Å².